The Morgan fingerprint density at radius 2 is 2.15 bits per heavy atom. The molecule has 132 valence electrons. The standard InChI is InChI=1S/C14H10N4O2S.C6H4/c1-2-9-3-6-21-13(9)12-14(16-8-11(19)20)18-5-4-15-7-10(18)17-12;1-2-5-4-6(5)3-1/h1,3-7,16H,8H2,(H,19,20);1-4H. The third-order valence-corrected chi connectivity index (χ3v) is 4.91. The minimum atomic E-state index is -0.951. The fraction of sp³-hybridized carbons (Fsp3) is 0.0500. The van der Waals surface area contributed by atoms with Gasteiger partial charge in [0.05, 0.1) is 11.1 Å². The summed E-state index contributed by atoms with van der Waals surface area (Å²) in [4.78, 5) is 20.2. The fourth-order valence-electron chi connectivity index (χ4n) is 2.68. The number of rotatable bonds is 4. The van der Waals surface area contributed by atoms with E-state index in [1.54, 1.807) is 23.0 Å². The van der Waals surface area contributed by atoms with Gasteiger partial charge in [-0.25, -0.2) is 4.98 Å². The van der Waals surface area contributed by atoms with Crippen LogP contribution in [0.25, 0.3) is 27.3 Å². The Kier molecular flexibility index (Phi) is 4.32. The predicted octanol–water partition coefficient (Wildman–Crippen LogP) is 3.60. The molecular formula is C20H14N4O2S. The first kappa shape index (κ1) is 16.8. The van der Waals surface area contributed by atoms with E-state index in [-0.39, 0.29) is 6.54 Å². The molecule has 0 saturated carbocycles. The molecule has 0 aromatic carbocycles. The van der Waals surface area contributed by atoms with Crippen LogP contribution in [-0.2, 0) is 4.79 Å². The molecule has 2 aliphatic carbocycles. The van der Waals surface area contributed by atoms with Crippen LogP contribution >= 0.6 is 11.3 Å². The van der Waals surface area contributed by atoms with Crippen LogP contribution < -0.4 is 5.32 Å². The second kappa shape index (κ2) is 6.94. The van der Waals surface area contributed by atoms with Crippen molar-refractivity contribution in [2.24, 2.45) is 0 Å². The number of carbonyl (C=O) groups is 1. The number of aliphatic carboxylic acids is 1. The van der Waals surface area contributed by atoms with Crippen molar-refractivity contribution in [2.75, 3.05) is 11.9 Å². The molecular weight excluding hydrogens is 360 g/mol. The lowest BCUT2D eigenvalue weighted by atomic mass is 10.2. The van der Waals surface area contributed by atoms with E-state index in [2.05, 4.69) is 45.5 Å². The van der Waals surface area contributed by atoms with E-state index in [1.807, 2.05) is 11.4 Å². The van der Waals surface area contributed by atoms with Gasteiger partial charge in [0.25, 0.3) is 0 Å². The zero-order valence-corrected chi connectivity index (χ0v) is 14.9. The number of nitrogens with zero attached hydrogens (tertiary/aromatic N) is 3. The van der Waals surface area contributed by atoms with Gasteiger partial charge in [-0.3, -0.25) is 14.2 Å². The van der Waals surface area contributed by atoms with E-state index in [1.165, 1.54) is 22.5 Å². The lowest BCUT2D eigenvalue weighted by molar-refractivity contribution is -0.134. The van der Waals surface area contributed by atoms with E-state index in [0.717, 1.165) is 10.4 Å². The van der Waals surface area contributed by atoms with Gasteiger partial charge in [0, 0.05) is 18.0 Å². The number of aromatic nitrogens is 3. The monoisotopic (exact) mass is 374 g/mol. The van der Waals surface area contributed by atoms with Gasteiger partial charge in [0.15, 0.2) is 5.65 Å². The number of benzene rings is 1. The number of terminal acetylenes is 1. The van der Waals surface area contributed by atoms with E-state index < -0.39 is 5.97 Å². The van der Waals surface area contributed by atoms with Crippen molar-refractivity contribution in [1.29, 1.82) is 0 Å². The van der Waals surface area contributed by atoms with Gasteiger partial charge in [0.1, 0.15) is 18.1 Å². The number of fused-ring (bicyclic) bond motifs is 2. The molecule has 0 amide bonds. The highest BCUT2D eigenvalue weighted by molar-refractivity contribution is 7.13. The fourth-order valence-corrected chi connectivity index (χ4v) is 3.52. The van der Waals surface area contributed by atoms with Crippen LogP contribution in [0.5, 0.6) is 0 Å². The van der Waals surface area contributed by atoms with Gasteiger partial charge in [0.2, 0.25) is 0 Å². The smallest absolute Gasteiger partial charge is 0.322 e. The maximum Gasteiger partial charge on any atom is 0.322 e. The number of hydrogen-bond donors (Lipinski definition) is 2. The van der Waals surface area contributed by atoms with Crippen LogP contribution in [0.3, 0.4) is 0 Å². The molecule has 2 aliphatic rings. The second-order valence-electron chi connectivity index (χ2n) is 5.75. The summed E-state index contributed by atoms with van der Waals surface area (Å²) >= 11 is 1.46. The normalized spacial score (nSPS) is 10.6. The maximum atomic E-state index is 10.8. The lowest BCUT2D eigenvalue weighted by Crippen LogP contribution is -2.14. The van der Waals surface area contributed by atoms with Crippen molar-refractivity contribution >= 4 is 28.8 Å². The summed E-state index contributed by atoms with van der Waals surface area (Å²) in [6, 6.07) is 10.3. The molecule has 2 N–H and O–H groups in total. The number of carboxylic acid groups (broad SMARTS) is 1. The van der Waals surface area contributed by atoms with Gasteiger partial charge >= 0.3 is 5.97 Å². The zero-order valence-electron chi connectivity index (χ0n) is 14.1. The minimum Gasteiger partial charge on any atom is -0.480 e. The lowest BCUT2D eigenvalue weighted by Gasteiger charge is -2.05. The highest BCUT2D eigenvalue weighted by Gasteiger charge is 2.18. The number of thiophene rings is 1. The van der Waals surface area contributed by atoms with E-state index in [4.69, 9.17) is 11.5 Å². The molecule has 0 unspecified atom stereocenters. The predicted molar refractivity (Wildman–Crippen MR) is 106 cm³/mol. The number of imidazole rings is 1. The number of anilines is 1. The summed E-state index contributed by atoms with van der Waals surface area (Å²) in [5, 5.41) is 13.6. The Bertz CT molecular complexity index is 1170. The molecule has 0 saturated heterocycles. The molecule has 0 atom stereocenters. The van der Waals surface area contributed by atoms with Crippen LogP contribution in [0, 0.1) is 12.3 Å². The van der Waals surface area contributed by atoms with E-state index in [9.17, 15) is 4.79 Å². The molecule has 3 aromatic heterocycles. The number of nitrogens with one attached hydrogen (secondary N) is 1. The topological polar surface area (TPSA) is 79.5 Å². The molecule has 0 bridgehead atoms. The molecule has 7 heteroatoms. The highest BCUT2D eigenvalue weighted by atomic mass is 32.1. The molecule has 0 aliphatic heterocycles. The van der Waals surface area contributed by atoms with Crippen molar-refractivity contribution in [1.82, 2.24) is 14.4 Å². The largest absolute Gasteiger partial charge is 0.480 e. The first-order valence-electron chi connectivity index (χ1n) is 8.10. The third-order valence-electron chi connectivity index (χ3n) is 3.99. The molecule has 0 radical (unpaired) electrons. The molecule has 3 heterocycles. The minimum absolute atomic E-state index is 0.208. The number of hydrogen-bond acceptors (Lipinski definition) is 5. The Balaban J connectivity index is 0.000000250. The number of carboxylic acids is 1. The SMILES string of the molecule is C#Cc1ccsc1-c1nc2cnccn2c1NCC(=O)O.c1cc2cc-2c1. The third kappa shape index (κ3) is 3.38. The summed E-state index contributed by atoms with van der Waals surface area (Å²) in [5.41, 5.74) is 4.84. The summed E-state index contributed by atoms with van der Waals surface area (Å²) < 4.78 is 1.76. The first-order chi connectivity index (χ1) is 13.2. The van der Waals surface area contributed by atoms with E-state index in [0.29, 0.717) is 17.2 Å². The Morgan fingerprint density at radius 1 is 1.33 bits per heavy atom. The summed E-state index contributed by atoms with van der Waals surface area (Å²) in [7, 11) is 0. The van der Waals surface area contributed by atoms with Crippen molar-refractivity contribution < 1.29 is 9.90 Å². The van der Waals surface area contributed by atoms with Gasteiger partial charge in [-0.1, -0.05) is 24.1 Å². The first-order valence-corrected chi connectivity index (χ1v) is 8.98. The summed E-state index contributed by atoms with van der Waals surface area (Å²) in [6.45, 7) is -0.208. The summed E-state index contributed by atoms with van der Waals surface area (Å²) in [5.74, 6) is 2.25. The second-order valence-corrected chi connectivity index (χ2v) is 6.67. The molecule has 5 rings (SSSR count). The molecule has 3 aromatic rings. The average Bonchev–Trinajstić information content (AvgIpc) is 3.08. The highest BCUT2D eigenvalue weighted by Crippen LogP contribution is 2.34. The van der Waals surface area contributed by atoms with Gasteiger partial charge in [-0.2, -0.15) is 0 Å². The summed E-state index contributed by atoms with van der Waals surface area (Å²) in [6.07, 6.45) is 10.4. The quantitative estimate of drug-likeness (QED) is 0.470. The van der Waals surface area contributed by atoms with Gasteiger partial charge < -0.3 is 10.4 Å². The maximum absolute atomic E-state index is 10.8. The van der Waals surface area contributed by atoms with Crippen molar-refractivity contribution in [3.8, 4) is 34.0 Å². The van der Waals surface area contributed by atoms with Crippen molar-refractivity contribution in [3.05, 3.63) is 59.9 Å². The van der Waals surface area contributed by atoms with Gasteiger partial charge in [-0.15, -0.1) is 17.8 Å². The average molecular weight is 374 g/mol. The Hall–Kier alpha value is -3.63. The van der Waals surface area contributed by atoms with E-state index >= 15 is 0 Å². The molecule has 6 nitrogen and oxygen atoms in total. The Labute approximate surface area is 159 Å². The zero-order chi connectivity index (χ0) is 18.8. The van der Waals surface area contributed by atoms with Crippen LogP contribution in [0.4, 0.5) is 5.82 Å². The van der Waals surface area contributed by atoms with Gasteiger partial charge in [-0.05, 0) is 28.6 Å². The van der Waals surface area contributed by atoms with Crippen LogP contribution in [0.2, 0.25) is 0 Å². The van der Waals surface area contributed by atoms with Crippen molar-refractivity contribution in [3.63, 3.8) is 0 Å². The molecule has 0 fully saturated rings. The van der Waals surface area contributed by atoms with Crippen LogP contribution in [0.15, 0.2) is 54.3 Å². The Morgan fingerprint density at radius 3 is 2.78 bits per heavy atom. The molecule has 27 heavy (non-hydrogen) atoms. The molecule has 0 spiro atoms. The van der Waals surface area contributed by atoms with Crippen LogP contribution in [-0.4, -0.2) is 32.0 Å². The van der Waals surface area contributed by atoms with Crippen molar-refractivity contribution in [2.45, 2.75) is 0 Å². The van der Waals surface area contributed by atoms with Crippen LogP contribution in [0.1, 0.15) is 5.56 Å².